The first-order chi connectivity index (χ1) is 10.0. The van der Waals surface area contributed by atoms with E-state index in [4.69, 9.17) is 4.74 Å². The number of nitrogens with zero attached hydrogens (tertiary/aromatic N) is 2. The summed E-state index contributed by atoms with van der Waals surface area (Å²) in [4.78, 5) is 0. The molecule has 1 atom stereocenters. The van der Waals surface area contributed by atoms with Crippen molar-refractivity contribution in [3.63, 3.8) is 0 Å². The van der Waals surface area contributed by atoms with Crippen molar-refractivity contribution in [2.24, 2.45) is 7.05 Å². The normalized spacial score (nSPS) is 19.9. The minimum Gasteiger partial charge on any atom is -0.487 e. The third-order valence-corrected chi connectivity index (χ3v) is 3.94. The van der Waals surface area contributed by atoms with E-state index in [-0.39, 0.29) is 5.60 Å². The molecule has 1 aromatic carbocycles. The van der Waals surface area contributed by atoms with Gasteiger partial charge in [0.1, 0.15) is 11.4 Å². The van der Waals surface area contributed by atoms with Gasteiger partial charge in [0, 0.05) is 31.3 Å². The first-order valence-corrected chi connectivity index (χ1v) is 7.52. The second kappa shape index (κ2) is 5.53. The summed E-state index contributed by atoms with van der Waals surface area (Å²) < 4.78 is 7.91. The molecule has 0 saturated heterocycles. The van der Waals surface area contributed by atoms with Gasteiger partial charge in [0.05, 0.1) is 6.20 Å². The van der Waals surface area contributed by atoms with Gasteiger partial charge >= 0.3 is 0 Å². The highest BCUT2D eigenvalue weighted by atomic mass is 16.5. The van der Waals surface area contributed by atoms with Gasteiger partial charge < -0.3 is 10.1 Å². The summed E-state index contributed by atoms with van der Waals surface area (Å²) in [5.41, 5.74) is 2.41. The van der Waals surface area contributed by atoms with Crippen LogP contribution in [0.4, 0.5) is 0 Å². The van der Waals surface area contributed by atoms with Crippen LogP contribution in [0.2, 0.25) is 0 Å². The quantitative estimate of drug-likeness (QED) is 0.939. The smallest absolute Gasteiger partial charge is 0.124 e. The predicted octanol–water partition coefficient (Wildman–Crippen LogP) is 2.85. The molecule has 4 nitrogen and oxygen atoms in total. The molecular formula is C17H23N3O. The summed E-state index contributed by atoms with van der Waals surface area (Å²) in [5.74, 6) is 1.01. The van der Waals surface area contributed by atoms with E-state index in [1.54, 1.807) is 0 Å². The molecule has 21 heavy (non-hydrogen) atoms. The molecule has 2 heterocycles. The highest BCUT2D eigenvalue weighted by Crippen LogP contribution is 2.39. The lowest BCUT2D eigenvalue weighted by Gasteiger charge is -2.38. The number of benzene rings is 1. The van der Waals surface area contributed by atoms with Gasteiger partial charge in [0.25, 0.3) is 0 Å². The Labute approximate surface area is 126 Å². The molecule has 0 bridgehead atoms. The van der Waals surface area contributed by atoms with Crippen molar-refractivity contribution in [3.05, 3.63) is 47.8 Å². The largest absolute Gasteiger partial charge is 0.487 e. The lowest BCUT2D eigenvalue weighted by Crippen LogP contribution is -2.39. The highest BCUT2D eigenvalue weighted by molar-refractivity contribution is 5.38. The molecule has 1 unspecified atom stereocenters. The molecule has 0 fully saturated rings. The van der Waals surface area contributed by atoms with Gasteiger partial charge in [0.2, 0.25) is 0 Å². The van der Waals surface area contributed by atoms with Crippen LogP contribution >= 0.6 is 0 Å². The Morgan fingerprint density at radius 1 is 1.38 bits per heavy atom. The molecule has 0 spiro atoms. The Hall–Kier alpha value is -1.81. The summed E-state index contributed by atoms with van der Waals surface area (Å²) in [6.07, 6.45) is 5.98. The van der Waals surface area contributed by atoms with Crippen molar-refractivity contribution in [2.75, 3.05) is 6.54 Å². The van der Waals surface area contributed by atoms with Crippen molar-refractivity contribution in [1.29, 1.82) is 0 Å². The molecule has 3 rings (SSSR count). The summed E-state index contributed by atoms with van der Waals surface area (Å²) in [5, 5.41) is 7.88. The van der Waals surface area contributed by atoms with E-state index in [0.717, 1.165) is 25.1 Å². The van der Waals surface area contributed by atoms with Crippen LogP contribution in [0.1, 0.15) is 37.4 Å². The molecule has 0 amide bonds. The number of hydrogen-bond acceptors (Lipinski definition) is 3. The molecule has 0 aliphatic carbocycles. The fourth-order valence-electron chi connectivity index (χ4n) is 2.98. The van der Waals surface area contributed by atoms with Crippen molar-refractivity contribution < 1.29 is 4.74 Å². The molecule has 112 valence electrons. The third kappa shape index (κ3) is 3.27. The van der Waals surface area contributed by atoms with Crippen LogP contribution < -0.4 is 10.1 Å². The van der Waals surface area contributed by atoms with Crippen LogP contribution in [0, 0.1) is 0 Å². The molecular weight excluding hydrogens is 262 g/mol. The van der Waals surface area contributed by atoms with Crippen LogP contribution in [0.15, 0.2) is 36.7 Å². The molecule has 4 heteroatoms. The van der Waals surface area contributed by atoms with Crippen molar-refractivity contribution >= 4 is 0 Å². The standard InChI is InChI=1S/C17H23N3O/c1-17(2)10-15(14-6-4-5-7-16(14)21-17)18-9-8-13-11-19-20(3)12-13/h4-7,11-12,15,18H,8-10H2,1-3H3. The van der Waals surface area contributed by atoms with E-state index in [9.17, 15) is 0 Å². The number of aryl methyl sites for hydroxylation is 1. The monoisotopic (exact) mass is 285 g/mol. The molecule has 1 aliphatic rings. The van der Waals surface area contributed by atoms with Crippen molar-refractivity contribution in [3.8, 4) is 5.75 Å². The zero-order valence-electron chi connectivity index (χ0n) is 13.0. The molecule has 2 aromatic rings. The van der Waals surface area contributed by atoms with E-state index >= 15 is 0 Å². The van der Waals surface area contributed by atoms with Gasteiger partial charge in [0.15, 0.2) is 0 Å². The number of para-hydroxylation sites is 1. The number of aromatic nitrogens is 2. The zero-order valence-corrected chi connectivity index (χ0v) is 13.0. The van der Waals surface area contributed by atoms with Gasteiger partial charge in [-0.3, -0.25) is 4.68 Å². The Balaban J connectivity index is 1.67. The van der Waals surface area contributed by atoms with Crippen LogP contribution in [-0.2, 0) is 13.5 Å². The maximum atomic E-state index is 6.06. The maximum absolute atomic E-state index is 6.06. The summed E-state index contributed by atoms with van der Waals surface area (Å²) in [6.45, 7) is 5.25. The lowest BCUT2D eigenvalue weighted by molar-refractivity contribution is 0.0662. The average molecular weight is 285 g/mol. The molecule has 0 saturated carbocycles. The van der Waals surface area contributed by atoms with Crippen molar-refractivity contribution in [2.45, 2.75) is 38.3 Å². The van der Waals surface area contributed by atoms with Gasteiger partial charge in [-0.1, -0.05) is 18.2 Å². The van der Waals surface area contributed by atoms with Crippen LogP contribution in [0.5, 0.6) is 5.75 Å². The summed E-state index contributed by atoms with van der Waals surface area (Å²) >= 11 is 0. The minimum atomic E-state index is -0.125. The number of rotatable bonds is 4. The number of fused-ring (bicyclic) bond motifs is 1. The van der Waals surface area contributed by atoms with E-state index in [0.29, 0.717) is 6.04 Å². The Kier molecular flexibility index (Phi) is 3.72. The number of nitrogens with one attached hydrogen (secondary N) is 1. The Morgan fingerprint density at radius 2 is 2.19 bits per heavy atom. The van der Waals surface area contributed by atoms with Crippen LogP contribution in [-0.4, -0.2) is 21.9 Å². The predicted molar refractivity (Wildman–Crippen MR) is 83.4 cm³/mol. The topological polar surface area (TPSA) is 39.1 Å². The molecule has 1 aromatic heterocycles. The van der Waals surface area contributed by atoms with Gasteiger partial charge in [-0.2, -0.15) is 5.10 Å². The highest BCUT2D eigenvalue weighted by Gasteiger charge is 2.32. The first kappa shape index (κ1) is 14.1. The third-order valence-electron chi connectivity index (χ3n) is 3.94. The van der Waals surface area contributed by atoms with E-state index in [1.807, 2.05) is 24.0 Å². The van der Waals surface area contributed by atoms with E-state index in [1.165, 1.54) is 11.1 Å². The second-order valence-electron chi connectivity index (χ2n) is 6.38. The fraction of sp³-hybridized carbons (Fsp3) is 0.471. The molecule has 1 N–H and O–H groups in total. The zero-order chi connectivity index (χ0) is 14.9. The Bertz CT molecular complexity index is 618. The van der Waals surface area contributed by atoms with Gasteiger partial charge in [-0.05, 0) is 38.4 Å². The SMILES string of the molecule is Cn1cc(CCNC2CC(C)(C)Oc3ccccc32)cn1. The molecule has 0 radical (unpaired) electrons. The minimum absolute atomic E-state index is 0.125. The number of hydrogen-bond donors (Lipinski definition) is 1. The molecule has 1 aliphatic heterocycles. The summed E-state index contributed by atoms with van der Waals surface area (Å²) in [6, 6.07) is 8.68. The average Bonchev–Trinajstić information content (AvgIpc) is 2.83. The van der Waals surface area contributed by atoms with Gasteiger partial charge in [-0.15, -0.1) is 0 Å². The maximum Gasteiger partial charge on any atom is 0.124 e. The fourth-order valence-corrected chi connectivity index (χ4v) is 2.98. The first-order valence-electron chi connectivity index (χ1n) is 7.52. The Morgan fingerprint density at radius 3 is 2.95 bits per heavy atom. The van der Waals surface area contributed by atoms with Crippen LogP contribution in [0.25, 0.3) is 0 Å². The van der Waals surface area contributed by atoms with Gasteiger partial charge in [-0.25, -0.2) is 0 Å². The van der Waals surface area contributed by atoms with Crippen LogP contribution in [0.3, 0.4) is 0 Å². The van der Waals surface area contributed by atoms with Crippen molar-refractivity contribution in [1.82, 2.24) is 15.1 Å². The number of ether oxygens (including phenoxy) is 1. The van der Waals surface area contributed by atoms with E-state index in [2.05, 4.69) is 48.7 Å². The second-order valence-corrected chi connectivity index (χ2v) is 6.38. The van der Waals surface area contributed by atoms with E-state index < -0.39 is 0 Å². The summed E-state index contributed by atoms with van der Waals surface area (Å²) in [7, 11) is 1.95. The lowest BCUT2D eigenvalue weighted by atomic mass is 9.89.